The van der Waals surface area contributed by atoms with E-state index in [0.717, 1.165) is 17.0 Å². The van der Waals surface area contributed by atoms with E-state index in [-0.39, 0.29) is 57.6 Å². The van der Waals surface area contributed by atoms with Crippen LogP contribution in [0.4, 0.5) is 32.4 Å². The molecule has 4 fully saturated rings. The van der Waals surface area contributed by atoms with E-state index in [1.165, 1.54) is 25.2 Å². The number of rotatable bonds is 8. The SMILES string of the molecule is Cn1c(-c2cn(C3CC3(F)F)nc2C(F)(F)F)cnc1C(=O)Nc1ccc(C(=O)N2C[C@H]3CN(C(=O)N[C@@H]4CNC[C@H]4OC=O)C[C@H]3C2)c(Cl)c1. The summed E-state index contributed by atoms with van der Waals surface area (Å²) in [6.07, 6.45) is -4.13. The van der Waals surface area contributed by atoms with E-state index in [2.05, 4.69) is 26.0 Å². The summed E-state index contributed by atoms with van der Waals surface area (Å²) in [7, 11) is 1.31. The second-order valence-electron chi connectivity index (χ2n) is 13.1. The van der Waals surface area contributed by atoms with Gasteiger partial charge in [0.2, 0.25) is 0 Å². The minimum Gasteiger partial charge on any atom is -0.461 e. The molecule has 0 bridgehead atoms. The van der Waals surface area contributed by atoms with Crippen LogP contribution in [0.2, 0.25) is 5.02 Å². The van der Waals surface area contributed by atoms with Gasteiger partial charge < -0.3 is 35.1 Å². The van der Waals surface area contributed by atoms with Gasteiger partial charge in [-0.2, -0.15) is 18.3 Å². The van der Waals surface area contributed by atoms with Gasteiger partial charge in [-0.15, -0.1) is 0 Å². The van der Waals surface area contributed by atoms with Gasteiger partial charge in [0.05, 0.1) is 34.1 Å². The molecule has 4 amide bonds. The number of aromatic nitrogens is 4. The molecule has 3 aliphatic heterocycles. The van der Waals surface area contributed by atoms with Crippen LogP contribution in [-0.2, 0) is 22.8 Å². The number of benzene rings is 1. The van der Waals surface area contributed by atoms with Crippen molar-refractivity contribution in [2.24, 2.45) is 18.9 Å². The van der Waals surface area contributed by atoms with Crippen LogP contribution in [-0.4, -0.2) is 111 Å². The van der Waals surface area contributed by atoms with Gasteiger partial charge in [-0.1, -0.05) is 11.6 Å². The molecular weight excluding hydrogens is 709 g/mol. The molecule has 51 heavy (non-hydrogen) atoms. The van der Waals surface area contributed by atoms with Crippen LogP contribution < -0.4 is 16.0 Å². The fourth-order valence-corrected chi connectivity index (χ4v) is 7.28. The topological polar surface area (TPSA) is 156 Å². The van der Waals surface area contributed by atoms with Crippen molar-refractivity contribution in [2.45, 2.75) is 36.7 Å². The van der Waals surface area contributed by atoms with Crippen molar-refractivity contribution in [3.63, 3.8) is 0 Å². The first-order chi connectivity index (χ1) is 24.1. The summed E-state index contributed by atoms with van der Waals surface area (Å²) in [4.78, 5) is 57.5. The lowest BCUT2D eigenvalue weighted by Crippen LogP contribution is -2.49. The first kappa shape index (κ1) is 34.7. The lowest BCUT2D eigenvalue weighted by molar-refractivity contribution is -0.141. The third kappa shape index (κ3) is 6.59. The summed E-state index contributed by atoms with van der Waals surface area (Å²) >= 11 is 6.47. The predicted molar refractivity (Wildman–Crippen MR) is 168 cm³/mol. The van der Waals surface area contributed by atoms with E-state index in [9.17, 15) is 41.1 Å². The molecule has 1 aliphatic carbocycles. The van der Waals surface area contributed by atoms with Crippen molar-refractivity contribution in [3.8, 4) is 11.3 Å². The van der Waals surface area contributed by atoms with Crippen LogP contribution in [0.25, 0.3) is 11.3 Å². The number of likely N-dealkylation sites (tertiary alicyclic amines) is 2. The highest BCUT2D eigenvalue weighted by Gasteiger charge is 2.59. The lowest BCUT2D eigenvalue weighted by Gasteiger charge is -2.25. The molecule has 14 nitrogen and oxygen atoms in total. The quantitative estimate of drug-likeness (QED) is 0.235. The van der Waals surface area contributed by atoms with Gasteiger partial charge in [0, 0.05) is 76.5 Å². The van der Waals surface area contributed by atoms with Crippen molar-refractivity contribution in [1.29, 1.82) is 0 Å². The molecule has 1 aromatic carbocycles. The molecule has 5 atom stereocenters. The van der Waals surface area contributed by atoms with Gasteiger partial charge in [0.15, 0.2) is 11.5 Å². The normalized spacial score (nSPS) is 25.1. The number of carbonyl (C=O) groups excluding carboxylic acids is 4. The number of nitrogens with one attached hydrogen (secondary N) is 3. The number of imidazole rings is 1. The summed E-state index contributed by atoms with van der Waals surface area (Å²) in [5.41, 5.74) is -1.67. The zero-order valence-electron chi connectivity index (χ0n) is 26.8. The highest BCUT2D eigenvalue weighted by molar-refractivity contribution is 6.34. The molecule has 2 aromatic heterocycles. The Bertz CT molecular complexity index is 1890. The van der Waals surface area contributed by atoms with Gasteiger partial charge in [-0.3, -0.25) is 19.1 Å². The Labute approximate surface area is 291 Å². The minimum atomic E-state index is -4.95. The van der Waals surface area contributed by atoms with Crippen molar-refractivity contribution >= 4 is 41.6 Å². The largest absolute Gasteiger partial charge is 0.461 e. The maximum atomic E-state index is 13.8. The van der Waals surface area contributed by atoms with E-state index < -0.39 is 47.8 Å². The molecule has 1 unspecified atom stereocenters. The molecule has 0 radical (unpaired) electrons. The second kappa shape index (κ2) is 12.8. The summed E-state index contributed by atoms with van der Waals surface area (Å²) in [5.74, 6) is -4.45. The number of alkyl halides is 5. The number of hydrogen-bond donors (Lipinski definition) is 3. The summed E-state index contributed by atoms with van der Waals surface area (Å²) < 4.78 is 75.3. The first-order valence-electron chi connectivity index (χ1n) is 16.0. The van der Waals surface area contributed by atoms with Gasteiger partial charge in [-0.25, -0.2) is 18.6 Å². The highest BCUT2D eigenvalue weighted by Crippen LogP contribution is 2.53. The standard InChI is InChI=1S/C31H31ClF5N9O5/c1-43-22(19-13-46(24-5-30(24,33)34)42-25(19)31(35,36)37)7-39-26(43)27(48)40-17-2-3-18(20(32)4-17)28(49)44-9-15-11-45(12-16(15)10-44)29(50)41-21-6-38-8-23(21)51-14-47/h2-4,7,13-16,21,23-24,38H,5-6,8-12H2,1H3,(H,40,48)(H,41,50)/t15-,16+,21-,23-,24?/m1/s1. The smallest absolute Gasteiger partial charge is 0.435 e. The third-order valence-electron chi connectivity index (χ3n) is 9.80. The average molecular weight is 740 g/mol. The predicted octanol–water partition coefficient (Wildman–Crippen LogP) is 3.02. The number of carbonyl (C=O) groups is 4. The second-order valence-corrected chi connectivity index (χ2v) is 13.6. The molecule has 0 spiro atoms. The summed E-state index contributed by atoms with van der Waals surface area (Å²) in [6, 6.07) is 2.17. The number of amides is 4. The molecule has 3 saturated heterocycles. The Morgan fingerprint density at radius 3 is 2.41 bits per heavy atom. The van der Waals surface area contributed by atoms with Crippen LogP contribution in [0.5, 0.6) is 0 Å². The number of anilines is 1. The van der Waals surface area contributed by atoms with Gasteiger partial charge in [0.25, 0.3) is 24.2 Å². The fraction of sp³-hybridized carbons (Fsp3) is 0.484. The van der Waals surface area contributed by atoms with E-state index in [1.54, 1.807) is 9.80 Å². The van der Waals surface area contributed by atoms with Crippen LogP contribution in [0.3, 0.4) is 0 Å². The van der Waals surface area contributed by atoms with Crippen molar-refractivity contribution in [1.82, 2.24) is 39.8 Å². The minimum absolute atomic E-state index is 0.0489. The first-order valence-corrected chi connectivity index (χ1v) is 16.3. The number of nitrogens with zero attached hydrogens (tertiary/aromatic N) is 6. The zero-order chi connectivity index (χ0) is 36.4. The monoisotopic (exact) mass is 739 g/mol. The van der Waals surface area contributed by atoms with Gasteiger partial charge >= 0.3 is 12.2 Å². The molecule has 272 valence electrons. The number of ether oxygens (including phenoxy) is 1. The molecule has 7 rings (SSSR count). The van der Waals surface area contributed by atoms with Crippen LogP contribution in [0.1, 0.15) is 39.1 Å². The Hall–Kier alpha value is -4.78. The van der Waals surface area contributed by atoms with Crippen LogP contribution >= 0.6 is 11.6 Å². The Morgan fingerprint density at radius 2 is 1.78 bits per heavy atom. The van der Waals surface area contributed by atoms with Gasteiger partial charge in [0.1, 0.15) is 12.1 Å². The fourth-order valence-electron chi connectivity index (χ4n) is 7.02. The zero-order valence-corrected chi connectivity index (χ0v) is 27.5. The molecule has 20 heteroatoms. The van der Waals surface area contributed by atoms with Crippen molar-refractivity contribution < 1.29 is 45.9 Å². The molecule has 3 N–H and O–H groups in total. The van der Waals surface area contributed by atoms with Crippen LogP contribution in [0, 0.1) is 11.8 Å². The molecular formula is C31H31ClF5N9O5. The number of urea groups is 1. The maximum absolute atomic E-state index is 13.8. The van der Waals surface area contributed by atoms with Crippen molar-refractivity contribution in [2.75, 3.05) is 44.6 Å². The Balaban J connectivity index is 0.972. The summed E-state index contributed by atoms with van der Waals surface area (Å²) in [6.45, 7) is 3.00. The molecule has 3 aromatic rings. The number of halogens is 6. The third-order valence-corrected chi connectivity index (χ3v) is 10.1. The Kier molecular flexibility index (Phi) is 8.68. The summed E-state index contributed by atoms with van der Waals surface area (Å²) in [5, 5.41) is 12.0. The van der Waals surface area contributed by atoms with Gasteiger partial charge in [-0.05, 0) is 18.2 Å². The van der Waals surface area contributed by atoms with E-state index >= 15 is 0 Å². The van der Waals surface area contributed by atoms with Crippen LogP contribution in [0.15, 0.2) is 30.6 Å². The lowest BCUT2D eigenvalue weighted by atomic mass is 10.0. The van der Waals surface area contributed by atoms with E-state index in [1.807, 2.05) is 0 Å². The maximum Gasteiger partial charge on any atom is 0.435 e. The molecule has 1 saturated carbocycles. The van der Waals surface area contributed by atoms with Crippen molar-refractivity contribution in [3.05, 3.63) is 52.7 Å². The molecule has 4 aliphatic rings. The number of hydrogen-bond acceptors (Lipinski definition) is 8. The highest BCUT2D eigenvalue weighted by atomic mass is 35.5. The molecule has 5 heterocycles. The number of fused-ring (bicyclic) bond motifs is 1. The van der Waals surface area contributed by atoms with E-state index in [0.29, 0.717) is 50.4 Å². The average Bonchev–Trinajstić information content (AvgIpc) is 3.72. The van der Waals surface area contributed by atoms with E-state index in [4.69, 9.17) is 16.3 Å². The Morgan fingerprint density at radius 1 is 1.10 bits per heavy atom.